The molecule has 17 heavy (non-hydrogen) atoms. The van der Waals surface area contributed by atoms with Crippen molar-refractivity contribution in [2.45, 2.75) is 58.5 Å². The minimum absolute atomic E-state index is 0.398. The van der Waals surface area contributed by atoms with Crippen LogP contribution in [-0.4, -0.2) is 39.4 Å². The molecule has 0 N–H and O–H groups in total. The van der Waals surface area contributed by atoms with E-state index in [1.165, 1.54) is 4.90 Å². The van der Waals surface area contributed by atoms with Crippen LogP contribution in [0.1, 0.15) is 47.5 Å². The summed E-state index contributed by atoms with van der Waals surface area (Å²) in [4.78, 5) is 25.5. The molecule has 0 bridgehead atoms. The van der Waals surface area contributed by atoms with Crippen molar-refractivity contribution in [3.63, 3.8) is 0 Å². The second-order valence-electron chi connectivity index (χ2n) is 5.53. The van der Waals surface area contributed by atoms with E-state index in [2.05, 4.69) is 0 Å². The molecule has 1 rings (SSSR count). The van der Waals surface area contributed by atoms with Crippen molar-refractivity contribution in [3.8, 4) is 0 Å². The molecular weight excluding hydrogens is 220 g/mol. The number of hydrogen-bond donors (Lipinski definition) is 0. The van der Waals surface area contributed by atoms with Gasteiger partial charge in [0.2, 0.25) is 0 Å². The predicted molar refractivity (Wildman–Crippen MR) is 62.3 cm³/mol. The smallest absolute Gasteiger partial charge is 0.251 e. The Bertz CT molecular complexity index is 309. The van der Waals surface area contributed by atoms with Crippen LogP contribution >= 0.6 is 0 Å². The maximum absolute atomic E-state index is 12.1. The lowest BCUT2D eigenvalue weighted by atomic mass is 9.89. The van der Waals surface area contributed by atoms with Gasteiger partial charge in [0.15, 0.2) is 0 Å². The number of carbonyl (C=O) groups is 2. The van der Waals surface area contributed by atoms with Crippen LogP contribution in [0.4, 0.5) is 0 Å². The third-order valence-corrected chi connectivity index (χ3v) is 3.29. The summed E-state index contributed by atoms with van der Waals surface area (Å²) in [5.74, 6) is -0.796. The van der Waals surface area contributed by atoms with E-state index in [-0.39, 0.29) is 0 Å². The Labute approximate surface area is 102 Å². The number of piperazine rings is 1. The molecule has 0 aliphatic carbocycles. The minimum atomic E-state index is -1.18. The van der Waals surface area contributed by atoms with Gasteiger partial charge < -0.3 is 0 Å². The highest BCUT2D eigenvalue weighted by Gasteiger charge is 2.56. The molecule has 1 aliphatic heterocycles. The molecule has 97 valence electrons. The fourth-order valence-electron chi connectivity index (χ4n) is 2.14. The van der Waals surface area contributed by atoms with Crippen LogP contribution in [0.2, 0.25) is 0 Å². The first-order chi connectivity index (χ1) is 7.67. The van der Waals surface area contributed by atoms with Crippen LogP contribution < -0.4 is 0 Å². The maximum atomic E-state index is 12.1. The van der Waals surface area contributed by atoms with Crippen LogP contribution in [0.25, 0.3) is 0 Å². The normalized spacial score (nSPS) is 24.2. The molecule has 1 saturated heterocycles. The Morgan fingerprint density at radius 2 is 1.41 bits per heavy atom. The number of imide groups is 1. The quantitative estimate of drug-likeness (QED) is 0.701. The highest BCUT2D eigenvalue weighted by atomic mass is 16.5. The van der Waals surface area contributed by atoms with Gasteiger partial charge in [0.25, 0.3) is 11.8 Å². The minimum Gasteiger partial charge on any atom is -0.279 e. The molecule has 0 unspecified atom stereocenters. The molecule has 0 aromatic heterocycles. The summed E-state index contributed by atoms with van der Waals surface area (Å²) in [6.07, 6.45) is 1.67. The van der Waals surface area contributed by atoms with Gasteiger partial charge in [-0.3, -0.25) is 14.5 Å². The monoisotopic (exact) mass is 241 g/mol. The molecule has 1 radical (unpaired) electrons. The van der Waals surface area contributed by atoms with Crippen molar-refractivity contribution in [3.05, 3.63) is 0 Å². The van der Waals surface area contributed by atoms with Gasteiger partial charge in [-0.1, -0.05) is 13.3 Å². The molecule has 1 fully saturated rings. The Morgan fingerprint density at radius 1 is 1.00 bits per heavy atom. The van der Waals surface area contributed by atoms with Crippen LogP contribution in [0.5, 0.6) is 0 Å². The third-order valence-electron chi connectivity index (χ3n) is 3.29. The van der Waals surface area contributed by atoms with Crippen molar-refractivity contribution < 1.29 is 14.8 Å². The van der Waals surface area contributed by atoms with Crippen LogP contribution in [0.15, 0.2) is 0 Å². The van der Waals surface area contributed by atoms with Crippen molar-refractivity contribution in [1.82, 2.24) is 9.96 Å². The van der Waals surface area contributed by atoms with Gasteiger partial charge in [-0.25, -0.2) is 0 Å². The van der Waals surface area contributed by atoms with Gasteiger partial charge in [0.05, 0.1) is 0 Å². The summed E-state index contributed by atoms with van der Waals surface area (Å²) < 4.78 is 0. The summed E-state index contributed by atoms with van der Waals surface area (Å²) in [6.45, 7) is 8.65. The zero-order chi connectivity index (χ0) is 13.4. The SMILES string of the molecule is CCCCN1C(=O)C(C)(C)N([O])C(C)(C)C1=O. The van der Waals surface area contributed by atoms with Gasteiger partial charge in [0, 0.05) is 6.54 Å². The predicted octanol–water partition coefficient (Wildman–Crippen LogP) is 1.36. The molecular formula is C12H21N2O3. The summed E-state index contributed by atoms with van der Waals surface area (Å²) in [6, 6.07) is 0. The lowest BCUT2D eigenvalue weighted by Gasteiger charge is -2.48. The number of hydroxylamine groups is 2. The molecule has 0 saturated carbocycles. The molecule has 1 aliphatic rings. The van der Waals surface area contributed by atoms with E-state index in [4.69, 9.17) is 0 Å². The standard InChI is InChI=1S/C12H21N2O3/c1-6-7-8-13-9(15)11(2,3)14(17)12(4,5)10(13)16/h6-8H2,1-5H3. The summed E-state index contributed by atoms with van der Waals surface area (Å²) in [5, 5.41) is 12.7. The number of rotatable bonds is 3. The topological polar surface area (TPSA) is 60.5 Å². The summed E-state index contributed by atoms with van der Waals surface area (Å²) >= 11 is 0. The van der Waals surface area contributed by atoms with Gasteiger partial charge in [-0.15, -0.1) is 10.3 Å². The lowest BCUT2D eigenvalue weighted by Crippen LogP contribution is -2.72. The number of nitrogens with zero attached hydrogens (tertiary/aromatic N) is 2. The molecule has 0 aromatic rings. The first-order valence-corrected chi connectivity index (χ1v) is 6.01. The van der Waals surface area contributed by atoms with E-state index in [1.54, 1.807) is 27.7 Å². The largest absolute Gasteiger partial charge is 0.279 e. The van der Waals surface area contributed by atoms with Crippen molar-refractivity contribution in [2.24, 2.45) is 0 Å². The molecule has 5 nitrogen and oxygen atoms in total. The van der Waals surface area contributed by atoms with Gasteiger partial charge >= 0.3 is 0 Å². The van der Waals surface area contributed by atoms with E-state index in [0.29, 0.717) is 11.6 Å². The van der Waals surface area contributed by atoms with E-state index in [9.17, 15) is 14.8 Å². The van der Waals surface area contributed by atoms with E-state index in [1.807, 2.05) is 6.92 Å². The zero-order valence-electron chi connectivity index (χ0n) is 11.2. The van der Waals surface area contributed by atoms with E-state index < -0.39 is 22.9 Å². The Kier molecular flexibility index (Phi) is 3.64. The molecule has 1 heterocycles. The maximum Gasteiger partial charge on any atom is 0.251 e. The fourth-order valence-corrected chi connectivity index (χ4v) is 2.14. The number of amides is 2. The summed E-state index contributed by atoms with van der Waals surface area (Å²) in [7, 11) is 0. The van der Waals surface area contributed by atoms with E-state index >= 15 is 0 Å². The number of hydrogen-bond acceptors (Lipinski definition) is 3. The fraction of sp³-hybridized carbons (Fsp3) is 0.833. The first kappa shape index (κ1) is 14.1. The van der Waals surface area contributed by atoms with Gasteiger partial charge in [-0.2, -0.15) is 0 Å². The molecule has 0 spiro atoms. The Hall–Kier alpha value is -0.940. The number of carbonyl (C=O) groups excluding carboxylic acids is 2. The average molecular weight is 241 g/mol. The Morgan fingerprint density at radius 3 is 1.76 bits per heavy atom. The zero-order valence-corrected chi connectivity index (χ0v) is 11.2. The van der Waals surface area contributed by atoms with Crippen LogP contribution in [0, 0.1) is 0 Å². The van der Waals surface area contributed by atoms with Gasteiger partial charge in [-0.05, 0) is 34.1 Å². The molecule has 5 heteroatoms. The second-order valence-corrected chi connectivity index (χ2v) is 5.53. The Balaban J connectivity index is 3.08. The van der Waals surface area contributed by atoms with E-state index in [0.717, 1.165) is 12.8 Å². The van der Waals surface area contributed by atoms with Crippen molar-refractivity contribution in [1.29, 1.82) is 0 Å². The molecule has 2 amide bonds. The highest BCUT2D eigenvalue weighted by Crippen LogP contribution is 2.32. The second kappa shape index (κ2) is 4.38. The lowest BCUT2D eigenvalue weighted by molar-refractivity contribution is -0.275. The highest BCUT2D eigenvalue weighted by molar-refractivity contribution is 6.05. The van der Waals surface area contributed by atoms with Crippen molar-refractivity contribution in [2.75, 3.05) is 6.54 Å². The first-order valence-electron chi connectivity index (χ1n) is 6.01. The van der Waals surface area contributed by atoms with Crippen molar-refractivity contribution >= 4 is 11.8 Å². The number of unbranched alkanes of at least 4 members (excludes halogenated alkanes) is 1. The average Bonchev–Trinajstić information content (AvgIpc) is 2.26. The summed E-state index contributed by atoms with van der Waals surface area (Å²) in [5.41, 5.74) is -2.35. The van der Waals surface area contributed by atoms with Crippen LogP contribution in [-0.2, 0) is 14.8 Å². The van der Waals surface area contributed by atoms with Gasteiger partial charge in [0.1, 0.15) is 11.1 Å². The molecule has 0 aromatic carbocycles. The third kappa shape index (κ3) is 2.09. The molecule has 0 atom stereocenters. The van der Waals surface area contributed by atoms with Crippen LogP contribution in [0.3, 0.4) is 0 Å².